The molecule has 0 N–H and O–H groups in total. The lowest BCUT2D eigenvalue weighted by molar-refractivity contribution is 0.261. The lowest BCUT2D eigenvalue weighted by Crippen LogP contribution is -2.05. The average Bonchev–Trinajstić information content (AvgIpc) is 3.01. The maximum Gasteiger partial charge on any atom is 0.122 e. The van der Waals surface area contributed by atoms with Crippen LogP contribution >= 0.6 is 0 Å². The van der Waals surface area contributed by atoms with Gasteiger partial charge >= 0.3 is 0 Å². The molecule has 1 heterocycles. The van der Waals surface area contributed by atoms with Crippen molar-refractivity contribution in [2.24, 2.45) is 0 Å². The zero-order valence-corrected chi connectivity index (χ0v) is 8.11. The second kappa shape index (κ2) is 4.29. The van der Waals surface area contributed by atoms with Gasteiger partial charge in [0.15, 0.2) is 0 Å². The van der Waals surface area contributed by atoms with Crippen molar-refractivity contribution in [3.8, 4) is 5.75 Å². The van der Waals surface area contributed by atoms with Crippen LogP contribution in [0.1, 0.15) is 5.56 Å². The van der Waals surface area contributed by atoms with Crippen molar-refractivity contribution >= 4 is 0 Å². The van der Waals surface area contributed by atoms with Crippen LogP contribution < -0.4 is 4.74 Å². The number of benzene rings is 1. The highest BCUT2D eigenvalue weighted by atomic mass is 16.6. The standard InChI is InChI=1S/C12H14O2/c1-2-5-10-6-3-4-7-12(10)14-9-11-8-13-11/h2-4,6-7,11H,1,5,8-9H2/t11-/m1/s1. The Balaban J connectivity index is 2.01. The summed E-state index contributed by atoms with van der Waals surface area (Å²) in [7, 11) is 0. The number of ether oxygens (including phenoxy) is 2. The summed E-state index contributed by atoms with van der Waals surface area (Å²) in [5, 5.41) is 0. The van der Waals surface area contributed by atoms with Crippen LogP contribution in [0.5, 0.6) is 5.75 Å². The van der Waals surface area contributed by atoms with Gasteiger partial charge in [-0.3, -0.25) is 0 Å². The Morgan fingerprint density at radius 2 is 2.29 bits per heavy atom. The first-order valence-electron chi connectivity index (χ1n) is 4.83. The molecule has 1 atom stereocenters. The largest absolute Gasteiger partial charge is 0.490 e. The summed E-state index contributed by atoms with van der Waals surface area (Å²) in [5.41, 5.74) is 1.18. The molecule has 0 aliphatic carbocycles. The van der Waals surface area contributed by atoms with Crippen LogP contribution in [-0.4, -0.2) is 19.3 Å². The Labute approximate surface area is 84.2 Å². The third kappa shape index (κ3) is 2.36. The molecule has 0 bridgehead atoms. The van der Waals surface area contributed by atoms with Crippen molar-refractivity contribution in [2.45, 2.75) is 12.5 Å². The molecule has 74 valence electrons. The highest BCUT2D eigenvalue weighted by Crippen LogP contribution is 2.20. The quantitative estimate of drug-likeness (QED) is 0.524. The van der Waals surface area contributed by atoms with E-state index in [0.29, 0.717) is 12.7 Å². The first-order chi connectivity index (χ1) is 6.90. The molecule has 2 rings (SSSR count). The summed E-state index contributed by atoms with van der Waals surface area (Å²) in [4.78, 5) is 0. The van der Waals surface area contributed by atoms with Gasteiger partial charge < -0.3 is 9.47 Å². The third-order valence-electron chi connectivity index (χ3n) is 2.16. The molecule has 1 saturated heterocycles. The van der Waals surface area contributed by atoms with E-state index in [1.807, 2.05) is 24.3 Å². The van der Waals surface area contributed by atoms with E-state index in [0.717, 1.165) is 18.8 Å². The SMILES string of the molecule is C=CCc1ccccc1OC[C@H]1CO1. The van der Waals surface area contributed by atoms with Crippen LogP contribution in [0.2, 0.25) is 0 Å². The fourth-order valence-electron chi connectivity index (χ4n) is 1.32. The van der Waals surface area contributed by atoms with Gasteiger partial charge in [0.05, 0.1) is 6.61 Å². The van der Waals surface area contributed by atoms with E-state index < -0.39 is 0 Å². The lowest BCUT2D eigenvalue weighted by atomic mass is 10.1. The van der Waals surface area contributed by atoms with Gasteiger partial charge in [0.2, 0.25) is 0 Å². The van der Waals surface area contributed by atoms with Crippen molar-refractivity contribution in [1.82, 2.24) is 0 Å². The van der Waals surface area contributed by atoms with E-state index in [1.54, 1.807) is 0 Å². The summed E-state index contributed by atoms with van der Waals surface area (Å²) in [6.45, 7) is 5.22. The average molecular weight is 190 g/mol. The molecule has 2 nitrogen and oxygen atoms in total. The molecule has 14 heavy (non-hydrogen) atoms. The Kier molecular flexibility index (Phi) is 2.84. The zero-order chi connectivity index (χ0) is 9.80. The second-order valence-electron chi connectivity index (χ2n) is 3.37. The van der Waals surface area contributed by atoms with Gasteiger partial charge in [-0.1, -0.05) is 24.3 Å². The maximum atomic E-state index is 5.64. The molecule has 2 heteroatoms. The topological polar surface area (TPSA) is 21.8 Å². The summed E-state index contributed by atoms with van der Waals surface area (Å²) >= 11 is 0. The Morgan fingerprint density at radius 3 is 3.00 bits per heavy atom. The first-order valence-corrected chi connectivity index (χ1v) is 4.83. The molecule has 1 aliphatic heterocycles. The van der Waals surface area contributed by atoms with E-state index in [2.05, 4.69) is 12.6 Å². The molecule has 0 radical (unpaired) electrons. The molecule has 1 aliphatic rings. The molecule has 1 aromatic carbocycles. The Bertz CT molecular complexity index is 316. The van der Waals surface area contributed by atoms with Gasteiger partial charge in [0.1, 0.15) is 18.5 Å². The minimum atomic E-state index is 0.312. The molecule has 0 unspecified atom stereocenters. The Morgan fingerprint density at radius 1 is 1.50 bits per heavy atom. The van der Waals surface area contributed by atoms with Gasteiger partial charge in [-0.25, -0.2) is 0 Å². The van der Waals surface area contributed by atoms with Crippen LogP contribution in [0.15, 0.2) is 36.9 Å². The van der Waals surface area contributed by atoms with E-state index in [9.17, 15) is 0 Å². The first kappa shape index (κ1) is 9.28. The van der Waals surface area contributed by atoms with E-state index in [4.69, 9.17) is 9.47 Å². The number of hydrogen-bond donors (Lipinski definition) is 0. The van der Waals surface area contributed by atoms with Gasteiger partial charge in [-0.05, 0) is 18.1 Å². The van der Waals surface area contributed by atoms with Crippen molar-refractivity contribution in [2.75, 3.05) is 13.2 Å². The van der Waals surface area contributed by atoms with Crippen LogP contribution in [0, 0.1) is 0 Å². The minimum Gasteiger partial charge on any atom is -0.490 e. The lowest BCUT2D eigenvalue weighted by Gasteiger charge is -2.08. The van der Waals surface area contributed by atoms with Crippen LogP contribution in [-0.2, 0) is 11.2 Å². The normalized spacial score (nSPS) is 19.0. The summed E-state index contributed by atoms with van der Waals surface area (Å²) in [6, 6.07) is 8.04. The van der Waals surface area contributed by atoms with Crippen molar-refractivity contribution in [1.29, 1.82) is 0 Å². The highest BCUT2D eigenvalue weighted by molar-refractivity contribution is 5.34. The minimum absolute atomic E-state index is 0.312. The predicted octanol–water partition coefficient (Wildman–Crippen LogP) is 2.19. The summed E-state index contributed by atoms with van der Waals surface area (Å²) in [6.07, 6.45) is 3.05. The Hall–Kier alpha value is -1.28. The molecule has 0 amide bonds. The number of epoxide rings is 1. The molecule has 1 fully saturated rings. The summed E-state index contributed by atoms with van der Waals surface area (Å²) in [5.74, 6) is 0.947. The molecule has 0 spiro atoms. The molecule has 1 aromatic rings. The molecule has 0 aromatic heterocycles. The van der Waals surface area contributed by atoms with E-state index in [1.165, 1.54) is 5.56 Å². The second-order valence-corrected chi connectivity index (χ2v) is 3.37. The highest BCUT2D eigenvalue weighted by Gasteiger charge is 2.23. The summed E-state index contributed by atoms with van der Waals surface area (Å²) < 4.78 is 10.7. The third-order valence-corrected chi connectivity index (χ3v) is 2.16. The maximum absolute atomic E-state index is 5.64. The van der Waals surface area contributed by atoms with Crippen LogP contribution in [0.25, 0.3) is 0 Å². The molecule has 0 saturated carbocycles. The fraction of sp³-hybridized carbons (Fsp3) is 0.333. The van der Waals surface area contributed by atoms with Gasteiger partial charge in [-0.2, -0.15) is 0 Å². The number of allylic oxidation sites excluding steroid dienone is 1. The predicted molar refractivity (Wildman–Crippen MR) is 55.6 cm³/mol. The van der Waals surface area contributed by atoms with Crippen LogP contribution in [0.4, 0.5) is 0 Å². The number of rotatable bonds is 5. The van der Waals surface area contributed by atoms with E-state index in [-0.39, 0.29) is 0 Å². The number of para-hydroxylation sites is 1. The van der Waals surface area contributed by atoms with Gasteiger partial charge in [0.25, 0.3) is 0 Å². The van der Waals surface area contributed by atoms with Gasteiger partial charge in [-0.15, -0.1) is 6.58 Å². The molecular formula is C12H14O2. The van der Waals surface area contributed by atoms with Gasteiger partial charge in [0, 0.05) is 0 Å². The fourth-order valence-corrected chi connectivity index (χ4v) is 1.32. The van der Waals surface area contributed by atoms with E-state index >= 15 is 0 Å². The monoisotopic (exact) mass is 190 g/mol. The molecular weight excluding hydrogens is 176 g/mol. The van der Waals surface area contributed by atoms with Crippen molar-refractivity contribution in [3.05, 3.63) is 42.5 Å². The zero-order valence-electron chi connectivity index (χ0n) is 8.11. The smallest absolute Gasteiger partial charge is 0.122 e. The number of hydrogen-bond acceptors (Lipinski definition) is 2. The van der Waals surface area contributed by atoms with Crippen LogP contribution in [0.3, 0.4) is 0 Å². The van der Waals surface area contributed by atoms with Crippen molar-refractivity contribution in [3.63, 3.8) is 0 Å². The van der Waals surface area contributed by atoms with Crippen molar-refractivity contribution < 1.29 is 9.47 Å².